The van der Waals surface area contributed by atoms with Crippen LogP contribution in [0.5, 0.6) is 11.5 Å². The molecule has 0 saturated heterocycles. The molecule has 100 valence electrons. The summed E-state index contributed by atoms with van der Waals surface area (Å²) in [5, 5.41) is 12.1. The molecule has 0 aliphatic rings. The van der Waals surface area contributed by atoms with E-state index in [1.807, 2.05) is 30.3 Å². The molecule has 2 aromatic rings. The summed E-state index contributed by atoms with van der Waals surface area (Å²) in [5.41, 5.74) is 0. The number of thioether (sulfide) groups is 1. The molecule has 1 heterocycles. The second-order valence-corrected chi connectivity index (χ2v) is 4.85. The number of pyridine rings is 1. The molecule has 0 amide bonds. The van der Waals surface area contributed by atoms with Gasteiger partial charge in [0.1, 0.15) is 11.5 Å². The minimum absolute atomic E-state index is 0.548. The van der Waals surface area contributed by atoms with E-state index in [2.05, 4.69) is 0 Å². The van der Waals surface area contributed by atoms with Crippen molar-refractivity contribution in [2.24, 2.45) is 0 Å². The van der Waals surface area contributed by atoms with Crippen LogP contribution in [-0.2, 0) is 0 Å². The molecular formula is C14H15NO3S. The molecule has 0 radical (unpaired) electrons. The number of aromatic nitrogens is 1. The zero-order valence-corrected chi connectivity index (χ0v) is 11.4. The van der Waals surface area contributed by atoms with Crippen molar-refractivity contribution in [3.63, 3.8) is 0 Å². The maximum Gasteiger partial charge on any atom is 0.251 e. The van der Waals surface area contributed by atoms with Gasteiger partial charge in [0.15, 0.2) is 6.20 Å². The van der Waals surface area contributed by atoms with Crippen molar-refractivity contribution in [1.82, 2.24) is 0 Å². The fraction of sp³-hybridized carbons (Fsp3) is 0.214. The van der Waals surface area contributed by atoms with Crippen LogP contribution in [0.4, 0.5) is 0 Å². The fourth-order valence-electron chi connectivity index (χ4n) is 1.50. The maximum atomic E-state index is 11.4. The van der Waals surface area contributed by atoms with Gasteiger partial charge in [0, 0.05) is 17.9 Å². The molecule has 0 saturated carbocycles. The number of rotatable bonds is 6. The van der Waals surface area contributed by atoms with E-state index in [4.69, 9.17) is 9.47 Å². The zero-order chi connectivity index (χ0) is 13.5. The molecule has 19 heavy (non-hydrogen) atoms. The van der Waals surface area contributed by atoms with Crippen LogP contribution >= 0.6 is 11.8 Å². The Morgan fingerprint density at radius 3 is 2.53 bits per heavy atom. The van der Waals surface area contributed by atoms with E-state index >= 15 is 0 Å². The van der Waals surface area contributed by atoms with Crippen molar-refractivity contribution in [2.45, 2.75) is 5.03 Å². The summed E-state index contributed by atoms with van der Waals surface area (Å²) in [5.74, 6) is 2.32. The first-order valence-electron chi connectivity index (χ1n) is 5.87. The first kappa shape index (κ1) is 13.5. The van der Waals surface area contributed by atoms with E-state index in [-0.39, 0.29) is 0 Å². The third-order valence-corrected chi connectivity index (χ3v) is 3.43. The second kappa shape index (κ2) is 6.89. The van der Waals surface area contributed by atoms with Gasteiger partial charge < -0.3 is 14.7 Å². The topological polar surface area (TPSA) is 45.4 Å². The lowest BCUT2D eigenvalue weighted by Crippen LogP contribution is -2.27. The lowest BCUT2D eigenvalue weighted by Gasteiger charge is -2.07. The van der Waals surface area contributed by atoms with Crippen molar-refractivity contribution in [3.8, 4) is 11.5 Å². The van der Waals surface area contributed by atoms with Gasteiger partial charge in [0.05, 0.1) is 13.7 Å². The van der Waals surface area contributed by atoms with Crippen molar-refractivity contribution in [2.75, 3.05) is 19.5 Å². The summed E-state index contributed by atoms with van der Waals surface area (Å²) in [6.45, 7) is 0.548. The minimum Gasteiger partial charge on any atom is -0.618 e. The number of ether oxygens (including phenoxy) is 2. The molecule has 0 fully saturated rings. The molecule has 0 unspecified atom stereocenters. The van der Waals surface area contributed by atoms with E-state index in [1.165, 1.54) is 18.0 Å². The van der Waals surface area contributed by atoms with Gasteiger partial charge in [-0.2, -0.15) is 4.73 Å². The molecule has 0 atom stereocenters. The Morgan fingerprint density at radius 1 is 1.11 bits per heavy atom. The van der Waals surface area contributed by atoms with Crippen LogP contribution < -0.4 is 14.2 Å². The molecular weight excluding hydrogens is 262 g/mol. The average Bonchev–Trinajstić information content (AvgIpc) is 2.46. The summed E-state index contributed by atoms with van der Waals surface area (Å²) >= 11 is 1.47. The fourth-order valence-corrected chi connectivity index (χ4v) is 2.24. The Balaban J connectivity index is 1.76. The Bertz CT molecular complexity index is 516. The summed E-state index contributed by atoms with van der Waals surface area (Å²) in [4.78, 5) is 0. The standard InChI is InChI=1S/C14H15NO3S/c1-17-12-5-7-13(8-6-12)18-10-11-19-14-4-2-3-9-15(14)16/h2-9H,10-11H2,1H3. The first-order chi connectivity index (χ1) is 9.29. The number of nitrogens with zero attached hydrogens (tertiary/aromatic N) is 1. The first-order valence-corrected chi connectivity index (χ1v) is 6.86. The van der Waals surface area contributed by atoms with Gasteiger partial charge in [-0.3, -0.25) is 0 Å². The van der Waals surface area contributed by atoms with Crippen LogP contribution in [0, 0.1) is 5.21 Å². The molecule has 1 aromatic heterocycles. The zero-order valence-electron chi connectivity index (χ0n) is 10.6. The van der Waals surface area contributed by atoms with E-state index in [1.54, 1.807) is 19.2 Å². The SMILES string of the molecule is COc1ccc(OCCSc2cccc[n+]2[O-])cc1. The molecule has 2 rings (SSSR count). The monoisotopic (exact) mass is 277 g/mol. The highest BCUT2D eigenvalue weighted by Crippen LogP contribution is 2.18. The molecule has 4 nitrogen and oxygen atoms in total. The van der Waals surface area contributed by atoms with E-state index < -0.39 is 0 Å². The van der Waals surface area contributed by atoms with Gasteiger partial charge in [0.25, 0.3) is 5.03 Å². The normalized spacial score (nSPS) is 10.2. The second-order valence-electron chi connectivity index (χ2n) is 3.74. The van der Waals surface area contributed by atoms with E-state index in [0.717, 1.165) is 22.0 Å². The predicted octanol–water partition coefficient (Wildman–Crippen LogP) is 2.50. The lowest BCUT2D eigenvalue weighted by atomic mass is 10.3. The molecule has 1 aromatic carbocycles. The number of hydrogen-bond donors (Lipinski definition) is 0. The van der Waals surface area contributed by atoms with Crippen molar-refractivity contribution >= 4 is 11.8 Å². The Morgan fingerprint density at radius 2 is 1.84 bits per heavy atom. The molecule has 0 aliphatic carbocycles. The quantitative estimate of drug-likeness (QED) is 0.352. The van der Waals surface area contributed by atoms with Crippen molar-refractivity contribution in [3.05, 3.63) is 53.9 Å². The van der Waals surface area contributed by atoms with Crippen LogP contribution in [-0.4, -0.2) is 19.5 Å². The van der Waals surface area contributed by atoms with Crippen LogP contribution in [0.25, 0.3) is 0 Å². The third-order valence-electron chi connectivity index (χ3n) is 2.45. The van der Waals surface area contributed by atoms with Gasteiger partial charge in [0.2, 0.25) is 0 Å². The summed E-state index contributed by atoms with van der Waals surface area (Å²) in [6.07, 6.45) is 1.49. The smallest absolute Gasteiger partial charge is 0.251 e. The van der Waals surface area contributed by atoms with E-state index in [0.29, 0.717) is 11.6 Å². The third kappa shape index (κ3) is 4.06. The van der Waals surface area contributed by atoms with Gasteiger partial charge in [-0.15, -0.1) is 0 Å². The Kier molecular flexibility index (Phi) is 4.92. The van der Waals surface area contributed by atoms with Gasteiger partial charge in [-0.1, -0.05) is 11.8 Å². The Labute approximate surface area is 116 Å². The predicted molar refractivity (Wildman–Crippen MR) is 74.6 cm³/mol. The average molecular weight is 277 g/mol. The molecule has 5 heteroatoms. The van der Waals surface area contributed by atoms with E-state index in [9.17, 15) is 5.21 Å². The molecule has 0 spiro atoms. The summed E-state index contributed by atoms with van der Waals surface area (Å²) < 4.78 is 11.5. The maximum absolute atomic E-state index is 11.4. The number of hydrogen-bond acceptors (Lipinski definition) is 4. The summed E-state index contributed by atoms with van der Waals surface area (Å²) in [7, 11) is 1.63. The highest BCUT2D eigenvalue weighted by molar-refractivity contribution is 7.99. The van der Waals surface area contributed by atoms with Crippen molar-refractivity contribution < 1.29 is 14.2 Å². The lowest BCUT2D eigenvalue weighted by molar-refractivity contribution is -0.645. The van der Waals surface area contributed by atoms with Crippen LogP contribution in [0.15, 0.2) is 53.7 Å². The minimum atomic E-state index is 0.548. The molecule has 0 aliphatic heterocycles. The molecule has 0 bridgehead atoms. The van der Waals surface area contributed by atoms with Crippen LogP contribution in [0.3, 0.4) is 0 Å². The van der Waals surface area contributed by atoms with Crippen molar-refractivity contribution in [1.29, 1.82) is 0 Å². The van der Waals surface area contributed by atoms with Crippen LogP contribution in [0.1, 0.15) is 0 Å². The largest absolute Gasteiger partial charge is 0.618 e. The number of benzene rings is 1. The Hall–Kier alpha value is -1.88. The summed E-state index contributed by atoms with van der Waals surface area (Å²) in [6, 6.07) is 12.8. The molecule has 0 N–H and O–H groups in total. The van der Waals surface area contributed by atoms with Gasteiger partial charge >= 0.3 is 0 Å². The van der Waals surface area contributed by atoms with Crippen LogP contribution in [0.2, 0.25) is 0 Å². The van der Waals surface area contributed by atoms with Gasteiger partial charge in [-0.05, 0) is 30.3 Å². The van der Waals surface area contributed by atoms with Gasteiger partial charge in [-0.25, -0.2) is 0 Å². The highest BCUT2D eigenvalue weighted by Gasteiger charge is 2.03. The highest BCUT2D eigenvalue weighted by atomic mass is 32.2. The number of methoxy groups -OCH3 is 1.